The number of carbonyl (C=O) groups excluding carboxylic acids is 1. The molecular weight excluding hydrogens is 405 g/mol. The van der Waals surface area contributed by atoms with Crippen LogP contribution in [0.15, 0.2) is 60.8 Å². The number of rotatable bonds is 5. The van der Waals surface area contributed by atoms with Crippen molar-refractivity contribution in [2.24, 2.45) is 0 Å². The van der Waals surface area contributed by atoms with Crippen molar-refractivity contribution in [3.05, 3.63) is 77.5 Å². The number of anilines is 2. The Hall–Kier alpha value is -3.76. The number of para-hydroxylation sites is 2. The zero-order valence-electron chi connectivity index (χ0n) is 17.6. The second-order valence-corrected chi connectivity index (χ2v) is 7.92. The molecule has 4 rings (SSSR count). The van der Waals surface area contributed by atoms with E-state index in [0.717, 1.165) is 11.1 Å². The number of amides is 1. The Bertz CT molecular complexity index is 1150. The maximum atomic E-state index is 13.3. The summed E-state index contributed by atoms with van der Waals surface area (Å²) < 4.78 is 13.3. The minimum Gasteiger partial charge on any atom is -0.397 e. The van der Waals surface area contributed by atoms with Crippen molar-refractivity contribution in [2.45, 2.75) is 25.6 Å². The molecule has 0 atom stereocenters. The molecule has 1 aromatic heterocycles. The van der Waals surface area contributed by atoms with E-state index in [2.05, 4.69) is 21.3 Å². The molecule has 0 aliphatic carbocycles. The number of halogens is 1. The van der Waals surface area contributed by atoms with Gasteiger partial charge < -0.3 is 11.1 Å². The Morgan fingerprint density at radius 1 is 1.19 bits per heavy atom. The van der Waals surface area contributed by atoms with Crippen molar-refractivity contribution < 1.29 is 9.18 Å². The van der Waals surface area contributed by atoms with E-state index in [0.29, 0.717) is 60.7 Å². The first-order chi connectivity index (χ1) is 15.5. The van der Waals surface area contributed by atoms with E-state index in [1.807, 2.05) is 6.07 Å². The summed E-state index contributed by atoms with van der Waals surface area (Å²) in [6, 6.07) is 18.1. The van der Waals surface area contributed by atoms with Gasteiger partial charge in [0.1, 0.15) is 12.2 Å². The van der Waals surface area contributed by atoms with Gasteiger partial charge in [-0.1, -0.05) is 24.3 Å². The lowest BCUT2D eigenvalue weighted by molar-refractivity contribution is 0.102. The van der Waals surface area contributed by atoms with Crippen LogP contribution < -0.4 is 11.1 Å². The van der Waals surface area contributed by atoms with Crippen molar-refractivity contribution in [3.8, 4) is 17.3 Å². The molecule has 2 aromatic carbocycles. The van der Waals surface area contributed by atoms with Gasteiger partial charge in [-0.15, -0.1) is 0 Å². The fraction of sp³-hybridized carbons (Fsp3) is 0.240. The van der Waals surface area contributed by atoms with Crippen LogP contribution in [-0.4, -0.2) is 35.1 Å². The standard InChI is InChI=1S/C25H24FN5O/c26-21-9-11-31(12-10-21)16-17-13-20(14-27)24(29-15-17)18-5-7-19(8-6-18)25(32)30-23-4-2-1-3-22(23)28/h1-8,13,15,21H,9-12,16,28H2,(H,30,32). The topological polar surface area (TPSA) is 95.0 Å². The second-order valence-electron chi connectivity index (χ2n) is 7.92. The number of aromatic nitrogens is 1. The molecule has 1 aliphatic heterocycles. The number of nitrogen functional groups attached to an aromatic ring is 1. The van der Waals surface area contributed by atoms with Crippen molar-refractivity contribution in [3.63, 3.8) is 0 Å². The van der Waals surface area contributed by atoms with E-state index in [1.165, 1.54) is 0 Å². The predicted octanol–water partition coefficient (Wildman–Crippen LogP) is 4.39. The van der Waals surface area contributed by atoms with Crippen LogP contribution in [0.5, 0.6) is 0 Å². The molecule has 1 aliphatic rings. The molecule has 0 bridgehead atoms. The number of nitrogens with one attached hydrogen (secondary N) is 1. The van der Waals surface area contributed by atoms with Crippen LogP contribution in [0.2, 0.25) is 0 Å². The summed E-state index contributed by atoms with van der Waals surface area (Å²) in [6.07, 6.45) is 2.15. The van der Waals surface area contributed by atoms with Crippen LogP contribution in [0.4, 0.5) is 15.8 Å². The van der Waals surface area contributed by atoms with Crippen molar-refractivity contribution in [1.82, 2.24) is 9.88 Å². The molecule has 0 spiro atoms. The number of pyridine rings is 1. The van der Waals surface area contributed by atoms with Crippen LogP contribution in [-0.2, 0) is 6.54 Å². The minimum atomic E-state index is -0.712. The quantitative estimate of drug-likeness (QED) is 0.587. The molecular formula is C25H24FN5O. The Morgan fingerprint density at radius 2 is 1.91 bits per heavy atom. The van der Waals surface area contributed by atoms with Crippen LogP contribution in [0.3, 0.4) is 0 Å². The minimum absolute atomic E-state index is 0.268. The summed E-state index contributed by atoms with van der Waals surface area (Å²) >= 11 is 0. The van der Waals surface area contributed by atoms with E-state index < -0.39 is 6.17 Å². The molecule has 1 fully saturated rings. The summed E-state index contributed by atoms with van der Waals surface area (Å²) in [5.41, 5.74) is 10.1. The molecule has 0 radical (unpaired) electrons. The first-order valence-electron chi connectivity index (χ1n) is 10.5. The highest BCUT2D eigenvalue weighted by Gasteiger charge is 2.19. The Balaban J connectivity index is 1.48. The van der Waals surface area contributed by atoms with E-state index in [9.17, 15) is 14.4 Å². The highest BCUT2D eigenvalue weighted by atomic mass is 19.1. The Kier molecular flexibility index (Phi) is 6.43. The maximum Gasteiger partial charge on any atom is 0.255 e. The van der Waals surface area contributed by atoms with Gasteiger partial charge in [0.15, 0.2) is 0 Å². The van der Waals surface area contributed by atoms with Gasteiger partial charge in [-0.25, -0.2) is 4.39 Å². The van der Waals surface area contributed by atoms with Crippen LogP contribution in [0.25, 0.3) is 11.3 Å². The lowest BCUT2D eigenvalue weighted by Crippen LogP contribution is -2.33. The fourth-order valence-corrected chi connectivity index (χ4v) is 3.81. The van der Waals surface area contributed by atoms with Gasteiger partial charge >= 0.3 is 0 Å². The normalized spacial score (nSPS) is 14.6. The lowest BCUT2D eigenvalue weighted by Gasteiger charge is -2.28. The number of benzene rings is 2. The van der Waals surface area contributed by atoms with Gasteiger partial charge in [0, 0.05) is 37.0 Å². The van der Waals surface area contributed by atoms with Crippen LogP contribution in [0.1, 0.15) is 34.3 Å². The Labute approximate surface area is 186 Å². The summed E-state index contributed by atoms with van der Waals surface area (Å²) in [5, 5.41) is 12.4. The molecule has 0 unspecified atom stereocenters. The highest BCUT2D eigenvalue weighted by Crippen LogP contribution is 2.24. The molecule has 3 N–H and O–H groups in total. The average Bonchev–Trinajstić information content (AvgIpc) is 2.82. The van der Waals surface area contributed by atoms with Gasteiger partial charge in [0.2, 0.25) is 0 Å². The number of nitriles is 1. The summed E-state index contributed by atoms with van der Waals surface area (Å²) in [7, 11) is 0. The van der Waals surface area contributed by atoms with E-state index >= 15 is 0 Å². The summed E-state index contributed by atoms with van der Waals surface area (Å²) in [5.74, 6) is -0.268. The third-order valence-electron chi connectivity index (χ3n) is 5.62. The van der Waals surface area contributed by atoms with Crippen LogP contribution in [0, 0.1) is 11.3 Å². The third-order valence-corrected chi connectivity index (χ3v) is 5.62. The predicted molar refractivity (Wildman–Crippen MR) is 123 cm³/mol. The first-order valence-corrected chi connectivity index (χ1v) is 10.5. The van der Waals surface area contributed by atoms with E-state index in [-0.39, 0.29) is 5.91 Å². The van der Waals surface area contributed by atoms with E-state index in [4.69, 9.17) is 5.73 Å². The van der Waals surface area contributed by atoms with Gasteiger partial charge in [-0.2, -0.15) is 5.26 Å². The monoisotopic (exact) mass is 429 g/mol. The Morgan fingerprint density at radius 3 is 2.59 bits per heavy atom. The molecule has 32 heavy (non-hydrogen) atoms. The van der Waals surface area contributed by atoms with Crippen molar-refractivity contribution in [1.29, 1.82) is 5.26 Å². The van der Waals surface area contributed by atoms with E-state index in [1.54, 1.807) is 54.7 Å². The SMILES string of the molecule is N#Cc1cc(CN2CCC(F)CC2)cnc1-c1ccc(C(=O)Nc2ccccc2N)cc1. The molecule has 1 amide bonds. The molecule has 3 aromatic rings. The number of nitrogens with two attached hydrogens (primary N) is 1. The number of likely N-dealkylation sites (tertiary alicyclic amines) is 1. The van der Waals surface area contributed by atoms with Crippen LogP contribution >= 0.6 is 0 Å². The molecule has 7 heteroatoms. The highest BCUT2D eigenvalue weighted by molar-refractivity contribution is 6.05. The van der Waals surface area contributed by atoms with Gasteiger partial charge in [0.25, 0.3) is 5.91 Å². The van der Waals surface area contributed by atoms with Gasteiger partial charge in [-0.3, -0.25) is 14.7 Å². The number of hydrogen-bond acceptors (Lipinski definition) is 5. The molecule has 2 heterocycles. The number of alkyl halides is 1. The third kappa shape index (κ3) is 4.93. The number of piperidine rings is 1. The maximum absolute atomic E-state index is 13.3. The number of nitrogens with zero attached hydrogens (tertiary/aromatic N) is 3. The average molecular weight is 429 g/mol. The van der Waals surface area contributed by atoms with Gasteiger partial charge in [-0.05, 0) is 48.7 Å². The molecule has 1 saturated heterocycles. The molecule has 0 saturated carbocycles. The number of hydrogen-bond donors (Lipinski definition) is 2. The molecule has 6 nitrogen and oxygen atoms in total. The smallest absolute Gasteiger partial charge is 0.255 e. The first kappa shape index (κ1) is 21.5. The zero-order chi connectivity index (χ0) is 22.5. The van der Waals surface area contributed by atoms with Crippen molar-refractivity contribution in [2.75, 3.05) is 24.1 Å². The van der Waals surface area contributed by atoms with Gasteiger partial charge in [0.05, 0.1) is 22.6 Å². The fourth-order valence-electron chi connectivity index (χ4n) is 3.81. The second kappa shape index (κ2) is 9.58. The zero-order valence-corrected chi connectivity index (χ0v) is 17.6. The molecule has 162 valence electrons. The number of carbonyl (C=O) groups is 1. The summed E-state index contributed by atoms with van der Waals surface area (Å²) in [4.78, 5) is 19.2. The van der Waals surface area contributed by atoms with Crippen molar-refractivity contribution >= 4 is 17.3 Å². The summed E-state index contributed by atoms with van der Waals surface area (Å²) in [6.45, 7) is 2.07. The lowest BCUT2D eigenvalue weighted by atomic mass is 10.0. The largest absolute Gasteiger partial charge is 0.397 e.